The number of rotatable bonds is 3. The SMILES string of the molecule is CN(C)C(=O)Nc1ccc(Oc2nnn(C)n2)cc1. The molecule has 0 spiro atoms. The Morgan fingerprint density at radius 2 is 2.00 bits per heavy atom. The highest BCUT2D eigenvalue weighted by atomic mass is 16.5. The molecule has 0 saturated heterocycles. The molecule has 2 amide bonds. The number of carbonyl (C=O) groups excluding carboxylic acids is 1. The third-order valence-corrected chi connectivity index (χ3v) is 2.21. The van der Waals surface area contributed by atoms with Crippen LogP contribution in [0, 0.1) is 0 Å². The van der Waals surface area contributed by atoms with Crippen molar-refractivity contribution in [2.24, 2.45) is 7.05 Å². The van der Waals surface area contributed by atoms with Crippen molar-refractivity contribution >= 4 is 11.7 Å². The monoisotopic (exact) mass is 262 g/mol. The van der Waals surface area contributed by atoms with Gasteiger partial charge in [0.05, 0.1) is 7.05 Å². The molecule has 0 bridgehead atoms. The molecule has 0 radical (unpaired) electrons. The Balaban J connectivity index is 2.00. The quantitative estimate of drug-likeness (QED) is 0.895. The summed E-state index contributed by atoms with van der Waals surface area (Å²) in [5, 5.41) is 14.0. The van der Waals surface area contributed by atoms with Gasteiger partial charge in [0.2, 0.25) is 0 Å². The zero-order valence-corrected chi connectivity index (χ0v) is 10.9. The minimum Gasteiger partial charge on any atom is -0.422 e. The van der Waals surface area contributed by atoms with E-state index >= 15 is 0 Å². The number of tetrazole rings is 1. The van der Waals surface area contributed by atoms with Crippen LogP contribution in [0.2, 0.25) is 0 Å². The van der Waals surface area contributed by atoms with Crippen molar-refractivity contribution in [3.63, 3.8) is 0 Å². The summed E-state index contributed by atoms with van der Waals surface area (Å²) in [5.74, 6) is 0.566. The lowest BCUT2D eigenvalue weighted by Gasteiger charge is -2.12. The summed E-state index contributed by atoms with van der Waals surface area (Å²) < 4.78 is 5.38. The summed E-state index contributed by atoms with van der Waals surface area (Å²) in [5.41, 5.74) is 0.679. The maximum Gasteiger partial charge on any atom is 0.361 e. The Labute approximate surface area is 110 Å². The number of hydrogen-bond donors (Lipinski definition) is 1. The molecule has 0 unspecified atom stereocenters. The fourth-order valence-corrected chi connectivity index (χ4v) is 1.25. The minimum absolute atomic E-state index is 0.174. The first-order chi connectivity index (χ1) is 9.04. The maximum atomic E-state index is 11.4. The molecular formula is C11H14N6O2. The molecule has 2 aromatic rings. The number of amides is 2. The number of nitrogens with one attached hydrogen (secondary N) is 1. The summed E-state index contributed by atoms with van der Waals surface area (Å²) in [6.45, 7) is 0. The molecule has 1 N–H and O–H groups in total. The average molecular weight is 262 g/mol. The van der Waals surface area contributed by atoms with E-state index < -0.39 is 0 Å². The molecular weight excluding hydrogens is 248 g/mol. The normalized spacial score (nSPS) is 10.1. The predicted molar refractivity (Wildman–Crippen MR) is 68.0 cm³/mol. The number of benzene rings is 1. The highest BCUT2D eigenvalue weighted by Crippen LogP contribution is 2.19. The van der Waals surface area contributed by atoms with E-state index in [9.17, 15) is 4.79 Å². The maximum absolute atomic E-state index is 11.4. The Morgan fingerprint density at radius 3 is 2.53 bits per heavy atom. The third kappa shape index (κ3) is 3.41. The van der Waals surface area contributed by atoms with Gasteiger partial charge in [0.25, 0.3) is 0 Å². The fourth-order valence-electron chi connectivity index (χ4n) is 1.25. The summed E-state index contributed by atoms with van der Waals surface area (Å²) in [7, 11) is 5.00. The lowest BCUT2D eigenvalue weighted by Crippen LogP contribution is -2.27. The van der Waals surface area contributed by atoms with Gasteiger partial charge in [-0.25, -0.2) is 4.79 Å². The van der Waals surface area contributed by atoms with Crippen LogP contribution in [0.15, 0.2) is 24.3 Å². The second-order valence-corrected chi connectivity index (χ2v) is 4.01. The van der Waals surface area contributed by atoms with Crippen LogP contribution in [0.1, 0.15) is 0 Å². The zero-order valence-electron chi connectivity index (χ0n) is 10.9. The second kappa shape index (κ2) is 5.34. The van der Waals surface area contributed by atoms with E-state index in [1.807, 2.05) is 0 Å². The second-order valence-electron chi connectivity index (χ2n) is 4.01. The number of aryl methyl sites for hydroxylation is 1. The predicted octanol–water partition coefficient (Wildman–Crippen LogP) is 1.10. The van der Waals surface area contributed by atoms with E-state index in [-0.39, 0.29) is 12.0 Å². The van der Waals surface area contributed by atoms with Gasteiger partial charge in [-0.1, -0.05) is 10.2 Å². The zero-order chi connectivity index (χ0) is 13.8. The first-order valence-electron chi connectivity index (χ1n) is 5.55. The fraction of sp³-hybridized carbons (Fsp3) is 0.273. The molecule has 0 fully saturated rings. The van der Waals surface area contributed by atoms with Crippen LogP contribution in [0.3, 0.4) is 0 Å². The number of carbonyl (C=O) groups is 1. The van der Waals surface area contributed by atoms with Gasteiger partial charge in [-0.3, -0.25) is 0 Å². The third-order valence-electron chi connectivity index (χ3n) is 2.21. The smallest absolute Gasteiger partial charge is 0.361 e. The van der Waals surface area contributed by atoms with Crippen molar-refractivity contribution in [2.45, 2.75) is 0 Å². The van der Waals surface area contributed by atoms with E-state index in [1.165, 1.54) is 9.70 Å². The van der Waals surface area contributed by atoms with E-state index in [1.54, 1.807) is 45.4 Å². The average Bonchev–Trinajstić information content (AvgIpc) is 2.77. The number of hydrogen-bond acceptors (Lipinski definition) is 5. The van der Waals surface area contributed by atoms with E-state index in [0.717, 1.165) is 0 Å². The lowest BCUT2D eigenvalue weighted by atomic mass is 10.3. The van der Waals surface area contributed by atoms with E-state index in [2.05, 4.69) is 20.7 Å². The number of ether oxygens (including phenoxy) is 1. The largest absolute Gasteiger partial charge is 0.422 e. The highest BCUT2D eigenvalue weighted by molar-refractivity contribution is 5.88. The molecule has 0 saturated carbocycles. The van der Waals surface area contributed by atoms with Crippen molar-refractivity contribution in [1.29, 1.82) is 0 Å². The van der Waals surface area contributed by atoms with Gasteiger partial charge >= 0.3 is 12.0 Å². The van der Waals surface area contributed by atoms with Crippen LogP contribution >= 0.6 is 0 Å². The van der Waals surface area contributed by atoms with E-state index in [4.69, 9.17) is 4.74 Å². The van der Waals surface area contributed by atoms with Crippen LogP contribution in [-0.4, -0.2) is 45.2 Å². The van der Waals surface area contributed by atoms with Crippen molar-refractivity contribution < 1.29 is 9.53 Å². The Bertz CT molecular complexity index is 563. The van der Waals surface area contributed by atoms with Gasteiger partial charge in [-0.05, 0) is 29.5 Å². The van der Waals surface area contributed by atoms with Crippen LogP contribution < -0.4 is 10.1 Å². The molecule has 2 rings (SSSR count). The molecule has 8 nitrogen and oxygen atoms in total. The van der Waals surface area contributed by atoms with Gasteiger partial charge in [-0.2, -0.15) is 4.80 Å². The topological polar surface area (TPSA) is 85.2 Å². The first-order valence-corrected chi connectivity index (χ1v) is 5.55. The Morgan fingerprint density at radius 1 is 1.32 bits per heavy atom. The Kier molecular flexibility index (Phi) is 3.60. The summed E-state index contributed by atoms with van der Waals surface area (Å²) in [6, 6.07) is 6.86. The molecule has 8 heteroatoms. The molecule has 100 valence electrons. The van der Waals surface area contributed by atoms with Crippen LogP contribution in [0.5, 0.6) is 11.8 Å². The number of urea groups is 1. The first kappa shape index (κ1) is 12.8. The summed E-state index contributed by atoms with van der Waals surface area (Å²) in [6.07, 6.45) is 0. The van der Waals surface area contributed by atoms with Gasteiger partial charge in [0.15, 0.2) is 0 Å². The van der Waals surface area contributed by atoms with Crippen LogP contribution in [0.25, 0.3) is 0 Å². The van der Waals surface area contributed by atoms with Crippen LogP contribution in [-0.2, 0) is 7.05 Å². The minimum atomic E-state index is -0.190. The molecule has 0 aliphatic heterocycles. The van der Waals surface area contributed by atoms with Gasteiger partial charge in [0.1, 0.15) is 5.75 Å². The van der Waals surface area contributed by atoms with Crippen LogP contribution in [0.4, 0.5) is 10.5 Å². The van der Waals surface area contributed by atoms with Gasteiger partial charge < -0.3 is 15.0 Å². The molecule has 0 atom stereocenters. The number of aromatic nitrogens is 4. The van der Waals surface area contributed by atoms with Gasteiger partial charge in [0, 0.05) is 19.8 Å². The standard InChI is InChI=1S/C11H14N6O2/c1-16(2)11(18)12-8-4-6-9(7-5-8)19-10-13-15-17(3)14-10/h4-7H,1-3H3,(H,12,18). The summed E-state index contributed by atoms with van der Waals surface area (Å²) >= 11 is 0. The molecule has 19 heavy (non-hydrogen) atoms. The van der Waals surface area contributed by atoms with Crippen molar-refractivity contribution in [2.75, 3.05) is 19.4 Å². The van der Waals surface area contributed by atoms with E-state index in [0.29, 0.717) is 11.4 Å². The van der Waals surface area contributed by atoms with Crippen molar-refractivity contribution in [3.05, 3.63) is 24.3 Å². The lowest BCUT2D eigenvalue weighted by molar-refractivity contribution is 0.230. The van der Waals surface area contributed by atoms with Gasteiger partial charge in [-0.15, -0.1) is 0 Å². The highest BCUT2D eigenvalue weighted by Gasteiger charge is 2.05. The van der Waals surface area contributed by atoms with Crippen molar-refractivity contribution in [1.82, 2.24) is 25.1 Å². The summed E-state index contributed by atoms with van der Waals surface area (Å²) in [4.78, 5) is 14.2. The molecule has 1 heterocycles. The molecule has 0 aliphatic rings. The molecule has 0 aliphatic carbocycles. The molecule has 1 aromatic carbocycles. The number of nitrogens with zero attached hydrogens (tertiary/aromatic N) is 5. The number of anilines is 1. The Hall–Kier alpha value is -2.64. The molecule has 1 aromatic heterocycles. The van der Waals surface area contributed by atoms with Crippen molar-refractivity contribution in [3.8, 4) is 11.8 Å².